The van der Waals surface area contributed by atoms with E-state index < -0.39 is 0 Å². The predicted molar refractivity (Wildman–Crippen MR) is 94.9 cm³/mol. The van der Waals surface area contributed by atoms with E-state index in [-0.39, 0.29) is 11.9 Å². The first-order valence-corrected chi connectivity index (χ1v) is 8.28. The quantitative estimate of drug-likeness (QED) is 0.799. The highest BCUT2D eigenvalue weighted by Gasteiger charge is 2.27. The highest BCUT2D eigenvalue weighted by Crippen LogP contribution is 2.27. The van der Waals surface area contributed by atoms with Crippen molar-refractivity contribution in [3.05, 3.63) is 77.8 Å². The average molecular weight is 333 g/mol. The van der Waals surface area contributed by atoms with Crippen molar-refractivity contribution in [2.75, 3.05) is 13.6 Å². The molecule has 1 aliphatic rings. The van der Waals surface area contributed by atoms with E-state index >= 15 is 0 Å². The zero-order valence-corrected chi connectivity index (χ0v) is 14.0. The number of rotatable bonds is 3. The molecule has 3 aromatic rings. The molecule has 1 atom stereocenters. The van der Waals surface area contributed by atoms with Gasteiger partial charge in [0, 0.05) is 18.7 Å². The molecule has 5 nitrogen and oxygen atoms in total. The number of oxazole rings is 1. The Morgan fingerprint density at radius 2 is 1.92 bits per heavy atom. The van der Waals surface area contributed by atoms with Crippen LogP contribution < -0.4 is 5.32 Å². The molecule has 2 aromatic carbocycles. The fraction of sp³-hybridized carbons (Fsp3) is 0.200. The first kappa shape index (κ1) is 15.6. The van der Waals surface area contributed by atoms with Crippen LogP contribution in [-0.4, -0.2) is 29.4 Å². The monoisotopic (exact) mass is 333 g/mol. The lowest BCUT2D eigenvalue weighted by Crippen LogP contribution is -2.40. The Kier molecular flexibility index (Phi) is 4.07. The van der Waals surface area contributed by atoms with Crippen LogP contribution in [0.4, 0.5) is 0 Å². The third kappa shape index (κ3) is 3.06. The van der Waals surface area contributed by atoms with Crippen LogP contribution in [0.3, 0.4) is 0 Å². The Bertz CT molecular complexity index is 889. The number of likely N-dealkylation sites (N-methyl/N-ethyl adjacent to an activating group) is 1. The van der Waals surface area contributed by atoms with E-state index in [0.29, 0.717) is 11.5 Å². The highest BCUT2D eigenvalue weighted by atomic mass is 16.3. The first-order chi connectivity index (χ1) is 12.2. The van der Waals surface area contributed by atoms with Crippen LogP contribution in [0.2, 0.25) is 0 Å². The lowest BCUT2D eigenvalue weighted by Gasteiger charge is -2.32. The summed E-state index contributed by atoms with van der Waals surface area (Å²) in [5.41, 5.74) is 3.56. The SMILES string of the molecule is CN1Cc2ccccc2C(NC(=O)c2ncoc2-c2ccccc2)C1. The third-order valence-corrected chi connectivity index (χ3v) is 4.49. The van der Waals surface area contributed by atoms with Crippen molar-refractivity contribution in [3.63, 3.8) is 0 Å². The fourth-order valence-electron chi connectivity index (χ4n) is 3.34. The van der Waals surface area contributed by atoms with Crippen LogP contribution in [0, 0.1) is 0 Å². The standard InChI is InChI=1S/C20H19N3O2/c1-23-11-15-9-5-6-10-16(15)17(12-23)22-20(24)18-19(25-13-21-18)14-7-3-2-4-8-14/h2-10,13,17H,11-12H2,1H3,(H,22,24). The van der Waals surface area contributed by atoms with Crippen LogP contribution >= 0.6 is 0 Å². The van der Waals surface area contributed by atoms with Crippen molar-refractivity contribution in [1.29, 1.82) is 0 Å². The maximum atomic E-state index is 12.8. The van der Waals surface area contributed by atoms with Gasteiger partial charge >= 0.3 is 0 Å². The van der Waals surface area contributed by atoms with Crippen molar-refractivity contribution < 1.29 is 9.21 Å². The summed E-state index contributed by atoms with van der Waals surface area (Å²) in [7, 11) is 2.06. The largest absolute Gasteiger partial charge is 0.443 e. The highest BCUT2D eigenvalue weighted by molar-refractivity contribution is 5.97. The van der Waals surface area contributed by atoms with Gasteiger partial charge in [0.25, 0.3) is 5.91 Å². The Balaban J connectivity index is 1.61. The van der Waals surface area contributed by atoms with Crippen molar-refractivity contribution in [2.24, 2.45) is 0 Å². The van der Waals surface area contributed by atoms with Gasteiger partial charge in [-0.2, -0.15) is 0 Å². The lowest BCUT2D eigenvalue weighted by molar-refractivity contribution is 0.0918. The zero-order chi connectivity index (χ0) is 17.2. The summed E-state index contributed by atoms with van der Waals surface area (Å²) in [5.74, 6) is 0.276. The number of hydrogen-bond donors (Lipinski definition) is 1. The lowest BCUT2D eigenvalue weighted by atomic mass is 9.95. The molecule has 1 amide bonds. The molecule has 126 valence electrons. The number of amides is 1. The number of nitrogens with one attached hydrogen (secondary N) is 1. The Morgan fingerprint density at radius 1 is 1.16 bits per heavy atom. The molecule has 2 heterocycles. The topological polar surface area (TPSA) is 58.4 Å². The number of fused-ring (bicyclic) bond motifs is 1. The summed E-state index contributed by atoms with van der Waals surface area (Å²) >= 11 is 0. The van der Waals surface area contributed by atoms with Crippen molar-refractivity contribution in [2.45, 2.75) is 12.6 Å². The van der Waals surface area contributed by atoms with Crippen molar-refractivity contribution >= 4 is 5.91 Å². The summed E-state index contributed by atoms with van der Waals surface area (Å²) < 4.78 is 5.47. The van der Waals surface area contributed by atoms with Gasteiger partial charge in [-0.15, -0.1) is 0 Å². The Morgan fingerprint density at radius 3 is 2.76 bits per heavy atom. The van der Waals surface area contributed by atoms with Gasteiger partial charge in [-0.3, -0.25) is 9.69 Å². The van der Waals surface area contributed by atoms with Crippen molar-refractivity contribution in [3.8, 4) is 11.3 Å². The molecule has 0 saturated carbocycles. The molecule has 25 heavy (non-hydrogen) atoms. The van der Waals surface area contributed by atoms with E-state index in [1.165, 1.54) is 17.5 Å². The molecule has 0 fully saturated rings. The number of aromatic nitrogens is 1. The second-order valence-electron chi connectivity index (χ2n) is 6.32. The maximum absolute atomic E-state index is 12.8. The van der Waals surface area contributed by atoms with Crippen LogP contribution in [-0.2, 0) is 6.54 Å². The molecule has 0 bridgehead atoms. The van der Waals surface area contributed by atoms with Crippen LogP contribution in [0.25, 0.3) is 11.3 Å². The minimum atomic E-state index is -0.220. The average Bonchev–Trinajstić information content (AvgIpc) is 3.12. The number of hydrogen-bond acceptors (Lipinski definition) is 4. The normalized spacial score (nSPS) is 17.1. The van der Waals surface area contributed by atoms with E-state index in [1.54, 1.807) is 0 Å². The number of carbonyl (C=O) groups excluding carboxylic acids is 1. The van der Waals surface area contributed by atoms with Crippen LogP contribution in [0.15, 0.2) is 65.4 Å². The summed E-state index contributed by atoms with van der Waals surface area (Å²) in [4.78, 5) is 19.2. The second-order valence-corrected chi connectivity index (χ2v) is 6.32. The Labute approximate surface area is 146 Å². The minimum absolute atomic E-state index is 0.0669. The summed E-state index contributed by atoms with van der Waals surface area (Å²) in [6.45, 7) is 1.66. The Hall–Kier alpha value is -2.92. The molecule has 0 spiro atoms. The molecule has 4 rings (SSSR count). The predicted octanol–water partition coefficient (Wildman–Crippen LogP) is 3.26. The molecule has 0 saturated heterocycles. The number of carbonyl (C=O) groups is 1. The van der Waals surface area contributed by atoms with E-state index in [0.717, 1.165) is 18.7 Å². The van der Waals surface area contributed by atoms with Gasteiger partial charge in [0.1, 0.15) is 0 Å². The van der Waals surface area contributed by atoms with E-state index in [4.69, 9.17) is 4.42 Å². The van der Waals surface area contributed by atoms with Crippen LogP contribution in [0.5, 0.6) is 0 Å². The molecule has 0 radical (unpaired) electrons. The van der Waals surface area contributed by atoms with Crippen molar-refractivity contribution in [1.82, 2.24) is 15.2 Å². The van der Waals surface area contributed by atoms with E-state index in [1.807, 2.05) is 42.5 Å². The molecule has 0 aliphatic carbocycles. The molecular formula is C20H19N3O2. The molecule has 5 heteroatoms. The smallest absolute Gasteiger partial charge is 0.274 e. The molecular weight excluding hydrogens is 314 g/mol. The molecule has 1 aromatic heterocycles. The van der Waals surface area contributed by atoms with Gasteiger partial charge in [0.05, 0.1) is 6.04 Å². The van der Waals surface area contributed by atoms with Gasteiger partial charge < -0.3 is 9.73 Å². The second kappa shape index (κ2) is 6.53. The fourth-order valence-corrected chi connectivity index (χ4v) is 3.34. The minimum Gasteiger partial charge on any atom is -0.443 e. The molecule has 1 N–H and O–H groups in total. The van der Waals surface area contributed by atoms with Gasteiger partial charge in [-0.05, 0) is 18.2 Å². The number of nitrogens with zero attached hydrogens (tertiary/aromatic N) is 2. The van der Waals surface area contributed by atoms with Gasteiger partial charge in [-0.1, -0.05) is 54.6 Å². The summed E-state index contributed by atoms with van der Waals surface area (Å²) in [6.07, 6.45) is 1.32. The number of benzene rings is 2. The summed E-state index contributed by atoms with van der Waals surface area (Å²) in [5, 5.41) is 3.11. The first-order valence-electron chi connectivity index (χ1n) is 8.28. The third-order valence-electron chi connectivity index (χ3n) is 4.49. The van der Waals surface area contributed by atoms with E-state index in [9.17, 15) is 4.79 Å². The molecule has 1 unspecified atom stereocenters. The van der Waals surface area contributed by atoms with E-state index in [2.05, 4.69) is 34.4 Å². The summed E-state index contributed by atoms with van der Waals surface area (Å²) in [6, 6.07) is 17.7. The molecule has 1 aliphatic heterocycles. The zero-order valence-electron chi connectivity index (χ0n) is 14.0. The van der Waals surface area contributed by atoms with Gasteiger partial charge in [0.2, 0.25) is 0 Å². The van der Waals surface area contributed by atoms with Gasteiger partial charge in [0.15, 0.2) is 17.8 Å². The van der Waals surface area contributed by atoms with Gasteiger partial charge in [-0.25, -0.2) is 4.98 Å². The maximum Gasteiger partial charge on any atom is 0.274 e. The van der Waals surface area contributed by atoms with Crippen LogP contribution in [0.1, 0.15) is 27.7 Å².